The van der Waals surface area contributed by atoms with Crippen LogP contribution < -0.4 is 0 Å². The SMILES string of the molecule is C[C@@H]1CN(C[C@@H]2CN(C/C=C/c3ccc(F)cc3)C[C@@H]2CO)C[C@H](C)O1. The molecule has 1 N–H and O–H groups in total. The highest BCUT2D eigenvalue weighted by Gasteiger charge is 2.34. The zero-order valence-corrected chi connectivity index (χ0v) is 15.9. The predicted octanol–water partition coefficient (Wildman–Crippen LogP) is 2.49. The van der Waals surface area contributed by atoms with E-state index in [1.54, 1.807) is 12.1 Å². The van der Waals surface area contributed by atoms with E-state index in [4.69, 9.17) is 4.74 Å². The molecule has 5 heteroatoms. The Bertz CT molecular complexity index is 582. The molecule has 3 rings (SSSR count). The molecule has 1 aromatic rings. The van der Waals surface area contributed by atoms with Gasteiger partial charge in [0, 0.05) is 45.9 Å². The standard InChI is InChI=1S/C21H31FN2O2/c1-16-10-24(11-17(2)26-16)13-19-12-23(14-20(19)15-25)9-3-4-18-5-7-21(22)8-6-18/h3-8,16-17,19-20,25H,9-15H2,1-2H3/b4-3+/t16-,17+,19-,20+/m0/s1. The molecule has 0 spiro atoms. The van der Waals surface area contributed by atoms with Gasteiger partial charge in [-0.05, 0) is 43.4 Å². The van der Waals surface area contributed by atoms with Gasteiger partial charge in [-0.25, -0.2) is 4.39 Å². The molecular formula is C21H31FN2O2. The topological polar surface area (TPSA) is 35.9 Å². The summed E-state index contributed by atoms with van der Waals surface area (Å²) in [6, 6.07) is 6.54. The number of morpholine rings is 1. The highest BCUT2D eigenvalue weighted by molar-refractivity contribution is 5.48. The van der Waals surface area contributed by atoms with Crippen LogP contribution in [0.1, 0.15) is 19.4 Å². The normalized spacial score (nSPS) is 31.1. The summed E-state index contributed by atoms with van der Waals surface area (Å²) in [6.07, 6.45) is 4.72. The summed E-state index contributed by atoms with van der Waals surface area (Å²) in [6.45, 7) is 10.3. The molecule has 1 aromatic carbocycles. The van der Waals surface area contributed by atoms with Crippen LogP contribution in [0.3, 0.4) is 0 Å². The Kier molecular flexibility index (Phi) is 6.81. The lowest BCUT2D eigenvalue weighted by Crippen LogP contribution is -2.48. The molecule has 144 valence electrons. The average Bonchev–Trinajstić information content (AvgIpc) is 2.97. The Morgan fingerprint density at radius 2 is 1.69 bits per heavy atom. The number of likely N-dealkylation sites (tertiary alicyclic amines) is 1. The Hall–Kier alpha value is -1.27. The maximum Gasteiger partial charge on any atom is 0.123 e. The van der Waals surface area contributed by atoms with Crippen molar-refractivity contribution < 1.29 is 14.2 Å². The lowest BCUT2D eigenvalue weighted by atomic mass is 9.96. The third-order valence-electron chi connectivity index (χ3n) is 5.42. The van der Waals surface area contributed by atoms with Crippen LogP contribution in [0.2, 0.25) is 0 Å². The first-order valence-electron chi connectivity index (χ1n) is 9.66. The van der Waals surface area contributed by atoms with E-state index < -0.39 is 0 Å². The van der Waals surface area contributed by atoms with Crippen molar-refractivity contribution in [3.05, 3.63) is 41.7 Å². The molecule has 4 atom stereocenters. The number of hydrogen-bond acceptors (Lipinski definition) is 4. The van der Waals surface area contributed by atoms with E-state index in [1.807, 2.05) is 6.08 Å². The van der Waals surface area contributed by atoms with Gasteiger partial charge in [0.1, 0.15) is 5.82 Å². The molecule has 0 saturated carbocycles. The summed E-state index contributed by atoms with van der Waals surface area (Å²) >= 11 is 0. The van der Waals surface area contributed by atoms with Gasteiger partial charge in [-0.3, -0.25) is 9.80 Å². The van der Waals surface area contributed by atoms with Gasteiger partial charge in [0.15, 0.2) is 0 Å². The summed E-state index contributed by atoms with van der Waals surface area (Å²) in [5.41, 5.74) is 1.01. The van der Waals surface area contributed by atoms with Gasteiger partial charge in [0.05, 0.1) is 12.2 Å². The minimum atomic E-state index is -0.206. The number of benzene rings is 1. The molecule has 2 saturated heterocycles. The Labute approximate surface area is 156 Å². The number of nitrogens with zero attached hydrogens (tertiary/aromatic N) is 2. The summed E-state index contributed by atoms with van der Waals surface area (Å²) in [5.74, 6) is 0.626. The van der Waals surface area contributed by atoms with Crippen molar-refractivity contribution in [1.82, 2.24) is 9.80 Å². The summed E-state index contributed by atoms with van der Waals surface area (Å²) in [5, 5.41) is 9.79. The van der Waals surface area contributed by atoms with Crippen LogP contribution in [0.25, 0.3) is 6.08 Å². The first-order valence-corrected chi connectivity index (χ1v) is 9.66. The van der Waals surface area contributed by atoms with E-state index in [1.165, 1.54) is 12.1 Å². The third-order valence-corrected chi connectivity index (χ3v) is 5.42. The molecule has 0 aliphatic carbocycles. The summed E-state index contributed by atoms with van der Waals surface area (Å²) < 4.78 is 18.8. The van der Waals surface area contributed by atoms with Gasteiger partial charge >= 0.3 is 0 Å². The van der Waals surface area contributed by atoms with Crippen LogP contribution in [-0.4, -0.2) is 73.0 Å². The molecule has 2 aliphatic rings. The predicted molar refractivity (Wildman–Crippen MR) is 102 cm³/mol. The number of rotatable bonds is 6. The van der Waals surface area contributed by atoms with Crippen molar-refractivity contribution in [3.8, 4) is 0 Å². The van der Waals surface area contributed by atoms with Gasteiger partial charge in [0.25, 0.3) is 0 Å². The second kappa shape index (κ2) is 9.09. The largest absolute Gasteiger partial charge is 0.396 e. The lowest BCUT2D eigenvalue weighted by Gasteiger charge is -2.37. The minimum Gasteiger partial charge on any atom is -0.396 e. The van der Waals surface area contributed by atoms with Crippen molar-refractivity contribution in [3.63, 3.8) is 0 Å². The highest BCUT2D eigenvalue weighted by atomic mass is 19.1. The van der Waals surface area contributed by atoms with Crippen molar-refractivity contribution in [2.24, 2.45) is 11.8 Å². The molecule has 0 bridgehead atoms. The van der Waals surface area contributed by atoms with E-state index in [0.717, 1.165) is 44.8 Å². The molecule has 0 amide bonds. The van der Waals surface area contributed by atoms with Gasteiger partial charge in [-0.15, -0.1) is 0 Å². The van der Waals surface area contributed by atoms with Crippen molar-refractivity contribution in [2.75, 3.05) is 45.9 Å². The van der Waals surface area contributed by atoms with Crippen LogP contribution in [0.15, 0.2) is 30.3 Å². The van der Waals surface area contributed by atoms with Crippen LogP contribution >= 0.6 is 0 Å². The molecule has 2 heterocycles. The van der Waals surface area contributed by atoms with Crippen LogP contribution in [0, 0.1) is 17.7 Å². The van der Waals surface area contributed by atoms with Crippen LogP contribution in [0.4, 0.5) is 4.39 Å². The Morgan fingerprint density at radius 3 is 2.35 bits per heavy atom. The Morgan fingerprint density at radius 1 is 1.04 bits per heavy atom. The minimum absolute atomic E-state index is 0.206. The average molecular weight is 362 g/mol. The second-order valence-corrected chi connectivity index (χ2v) is 7.85. The van der Waals surface area contributed by atoms with E-state index in [9.17, 15) is 9.50 Å². The number of hydrogen-bond donors (Lipinski definition) is 1. The number of halogens is 1. The smallest absolute Gasteiger partial charge is 0.123 e. The fourth-order valence-corrected chi connectivity index (χ4v) is 4.28. The van der Waals surface area contributed by atoms with Gasteiger partial charge in [0.2, 0.25) is 0 Å². The molecule has 2 aliphatic heterocycles. The number of aliphatic hydroxyl groups is 1. The van der Waals surface area contributed by atoms with E-state index in [2.05, 4.69) is 29.7 Å². The van der Waals surface area contributed by atoms with Crippen LogP contribution in [0.5, 0.6) is 0 Å². The van der Waals surface area contributed by atoms with Gasteiger partial charge < -0.3 is 9.84 Å². The molecule has 0 aromatic heterocycles. The first-order chi connectivity index (χ1) is 12.5. The maximum atomic E-state index is 13.0. The molecular weight excluding hydrogens is 331 g/mol. The van der Waals surface area contributed by atoms with E-state index in [0.29, 0.717) is 11.8 Å². The Balaban J connectivity index is 1.50. The molecule has 26 heavy (non-hydrogen) atoms. The molecule has 0 radical (unpaired) electrons. The molecule has 0 unspecified atom stereocenters. The molecule has 4 nitrogen and oxygen atoms in total. The first kappa shape index (κ1) is 19.5. The quantitative estimate of drug-likeness (QED) is 0.843. The number of aliphatic hydroxyl groups excluding tert-OH is 1. The van der Waals surface area contributed by atoms with Crippen molar-refractivity contribution >= 4 is 6.08 Å². The number of ether oxygens (including phenoxy) is 1. The summed E-state index contributed by atoms with van der Waals surface area (Å²) in [4.78, 5) is 4.89. The fourth-order valence-electron chi connectivity index (χ4n) is 4.28. The monoisotopic (exact) mass is 362 g/mol. The van der Waals surface area contributed by atoms with Crippen molar-refractivity contribution in [2.45, 2.75) is 26.1 Å². The van der Waals surface area contributed by atoms with Crippen molar-refractivity contribution in [1.29, 1.82) is 0 Å². The van der Waals surface area contributed by atoms with Gasteiger partial charge in [-0.1, -0.05) is 24.3 Å². The van der Waals surface area contributed by atoms with Gasteiger partial charge in [-0.2, -0.15) is 0 Å². The zero-order chi connectivity index (χ0) is 18.5. The fraction of sp³-hybridized carbons (Fsp3) is 0.619. The van der Waals surface area contributed by atoms with Crippen LogP contribution in [-0.2, 0) is 4.74 Å². The maximum absolute atomic E-state index is 13.0. The van der Waals surface area contributed by atoms with E-state index in [-0.39, 0.29) is 24.6 Å². The zero-order valence-electron chi connectivity index (χ0n) is 15.9. The highest BCUT2D eigenvalue weighted by Crippen LogP contribution is 2.25. The summed E-state index contributed by atoms with van der Waals surface area (Å²) in [7, 11) is 0. The second-order valence-electron chi connectivity index (χ2n) is 7.85. The molecule has 2 fully saturated rings. The van der Waals surface area contributed by atoms with E-state index >= 15 is 0 Å². The lowest BCUT2D eigenvalue weighted by molar-refractivity contribution is -0.0727. The third kappa shape index (κ3) is 5.36.